The second kappa shape index (κ2) is 5.84. The summed E-state index contributed by atoms with van der Waals surface area (Å²) in [5, 5.41) is 9.09. The zero-order valence-electron chi connectivity index (χ0n) is 10.3. The Morgan fingerprint density at radius 3 is 2.67 bits per heavy atom. The fourth-order valence-corrected chi connectivity index (χ4v) is 2.28. The van der Waals surface area contributed by atoms with E-state index < -0.39 is 0 Å². The average molecular weight is 249 g/mol. The number of rotatable bonds is 3. The molecule has 0 atom stereocenters. The number of aliphatic hydroxyl groups excluding tert-OH is 1. The molecule has 1 fully saturated rings. The summed E-state index contributed by atoms with van der Waals surface area (Å²) in [6, 6.07) is 7.22. The topological polar surface area (TPSA) is 78.6 Å². The summed E-state index contributed by atoms with van der Waals surface area (Å²) in [6.07, 6.45) is 1.72. The summed E-state index contributed by atoms with van der Waals surface area (Å²) in [4.78, 5) is 14.2. The van der Waals surface area contributed by atoms with E-state index in [0.717, 1.165) is 12.8 Å². The minimum absolute atomic E-state index is 0.0000557. The van der Waals surface area contributed by atoms with Crippen LogP contribution in [0.2, 0.25) is 0 Å². The lowest BCUT2D eigenvalue weighted by Gasteiger charge is -2.31. The Morgan fingerprint density at radius 1 is 1.39 bits per heavy atom. The number of nitrogens with zero attached hydrogens (tertiary/aromatic N) is 1. The number of carbonyl (C=O) groups is 1. The molecule has 0 unspecified atom stereocenters. The summed E-state index contributed by atoms with van der Waals surface area (Å²) in [5.41, 5.74) is 3.79. The smallest absolute Gasteiger partial charge is 0.256 e. The molecule has 5 nitrogen and oxygen atoms in total. The maximum Gasteiger partial charge on any atom is 0.256 e. The van der Waals surface area contributed by atoms with Crippen molar-refractivity contribution in [3.8, 4) is 0 Å². The van der Waals surface area contributed by atoms with Crippen molar-refractivity contribution in [2.75, 3.05) is 25.1 Å². The quantitative estimate of drug-likeness (QED) is 0.547. The summed E-state index contributed by atoms with van der Waals surface area (Å²) in [6.45, 7) is 1.61. The van der Waals surface area contributed by atoms with Crippen LogP contribution in [0.3, 0.4) is 0 Å². The highest BCUT2D eigenvalue weighted by Gasteiger charge is 2.24. The first-order chi connectivity index (χ1) is 8.76. The van der Waals surface area contributed by atoms with Crippen LogP contribution in [0.4, 0.5) is 5.69 Å². The van der Waals surface area contributed by atoms with E-state index in [1.807, 2.05) is 17.0 Å². The van der Waals surface area contributed by atoms with E-state index in [-0.39, 0.29) is 12.5 Å². The van der Waals surface area contributed by atoms with E-state index >= 15 is 0 Å². The van der Waals surface area contributed by atoms with Gasteiger partial charge < -0.3 is 15.4 Å². The summed E-state index contributed by atoms with van der Waals surface area (Å²) in [5.74, 6) is 5.74. The number of benzene rings is 1. The fourth-order valence-electron chi connectivity index (χ4n) is 2.28. The third-order valence-electron chi connectivity index (χ3n) is 3.47. The van der Waals surface area contributed by atoms with Crippen molar-refractivity contribution in [1.82, 2.24) is 4.90 Å². The van der Waals surface area contributed by atoms with E-state index in [1.165, 1.54) is 0 Å². The Labute approximate surface area is 107 Å². The minimum atomic E-state index is -0.0000557. The van der Waals surface area contributed by atoms with Crippen molar-refractivity contribution in [3.63, 3.8) is 0 Å². The van der Waals surface area contributed by atoms with Crippen LogP contribution in [-0.4, -0.2) is 35.6 Å². The van der Waals surface area contributed by atoms with Crippen LogP contribution < -0.4 is 11.3 Å². The molecular weight excluding hydrogens is 230 g/mol. The zero-order valence-corrected chi connectivity index (χ0v) is 10.3. The van der Waals surface area contributed by atoms with Gasteiger partial charge in [-0.1, -0.05) is 12.1 Å². The number of nitrogen functional groups attached to an aromatic ring is 1. The lowest BCUT2D eigenvalue weighted by molar-refractivity contribution is 0.0652. The molecular formula is C13H19N3O2. The molecule has 1 amide bonds. The molecule has 0 bridgehead atoms. The first-order valence-corrected chi connectivity index (χ1v) is 6.22. The zero-order chi connectivity index (χ0) is 13.0. The number of hydrogen-bond acceptors (Lipinski definition) is 4. The van der Waals surface area contributed by atoms with Crippen LogP contribution in [-0.2, 0) is 0 Å². The number of amides is 1. The molecule has 98 valence electrons. The van der Waals surface area contributed by atoms with Gasteiger partial charge in [-0.3, -0.25) is 10.6 Å². The summed E-state index contributed by atoms with van der Waals surface area (Å²) in [7, 11) is 0. The molecule has 0 aromatic heterocycles. The molecule has 1 heterocycles. The predicted molar refractivity (Wildman–Crippen MR) is 70.0 cm³/mol. The van der Waals surface area contributed by atoms with Gasteiger partial charge in [0, 0.05) is 19.7 Å². The van der Waals surface area contributed by atoms with Gasteiger partial charge in [0.05, 0.1) is 11.3 Å². The third-order valence-corrected chi connectivity index (χ3v) is 3.47. The number of piperidine rings is 1. The van der Waals surface area contributed by atoms with Crippen molar-refractivity contribution < 1.29 is 9.90 Å². The predicted octanol–water partition coefficient (Wildman–Crippen LogP) is 0.817. The van der Waals surface area contributed by atoms with Crippen LogP contribution in [0, 0.1) is 5.92 Å². The van der Waals surface area contributed by atoms with Gasteiger partial charge in [0.2, 0.25) is 0 Å². The molecule has 18 heavy (non-hydrogen) atoms. The lowest BCUT2D eigenvalue weighted by atomic mass is 9.97. The second-order valence-corrected chi connectivity index (χ2v) is 4.61. The van der Waals surface area contributed by atoms with Gasteiger partial charge >= 0.3 is 0 Å². The van der Waals surface area contributed by atoms with Gasteiger partial charge in [0.1, 0.15) is 0 Å². The Morgan fingerprint density at radius 2 is 2.06 bits per heavy atom. The molecule has 0 radical (unpaired) electrons. The monoisotopic (exact) mass is 249 g/mol. The standard InChI is InChI=1S/C13H19N3O2/c14-15-12-4-2-1-3-11(12)13(18)16-7-5-10(9-17)6-8-16/h1-4,10,15,17H,5-9,14H2. The highest BCUT2D eigenvalue weighted by Crippen LogP contribution is 2.21. The number of aliphatic hydroxyl groups is 1. The summed E-state index contributed by atoms with van der Waals surface area (Å²) >= 11 is 0. The summed E-state index contributed by atoms with van der Waals surface area (Å²) < 4.78 is 0. The number of hydrazine groups is 1. The van der Waals surface area contributed by atoms with Gasteiger partial charge in [-0.05, 0) is 30.9 Å². The van der Waals surface area contributed by atoms with Crippen molar-refractivity contribution in [3.05, 3.63) is 29.8 Å². The Kier molecular flexibility index (Phi) is 4.17. The second-order valence-electron chi connectivity index (χ2n) is 4.61. The number of hydrogen-bond donors (Lipinski definition) is 3. The van der Waals surface area contributed by atoms with E-state index in [0.29, 0.717) is 30.3 Å². The minimum Gasteiger partial charge on any atom is -0.396 e. The molecule has 4 N–H and O–H groups in total. The molecule has 0 spiro atoms. The first-order valence-electron chi connectivity index (χ1n) is 6.22. The number of likely N-dealkylation sites (tertiary alicyclic amines) is 1. The molecule has 5 heteroatoms. The molecule has 1 aliphatic heterocycles. The van der Waals surface area contributed by atoms with E-state index in [1.54, 1.807) is 12.1 Å². The lowest BCUT2D eigenvalue weighted by Crippen LogP contribution is -2.39. The van der Waals surface area contributed by atoms with Crippen LogP contribution in [0.5, 0.6) is 0 Å². The number of anilines is 1. The molecule has 1 saturated heterocycles. The Balaban J connectivity index is 2.08. The fraction of sp³-hybridized carbons (Fsp3) is 0.462. The molecule has 1 aliphatic rings. The molecule has 2 rings (SSSR count). The average Bonchev–Trinajstić information content (AvgIpc) is 2.46. The highest BCUT2D eigenvalue weighted by atomic mass is 16.3. The maximum atomic E-state index is 12.3. The maximum absolute atomic E-state index is 12.3. The van der Waals surface area contributed by atoms with Crippen LogP contribution >= 0.6 is 0 Å². The number of nitrogens with one attached hydrogen (secondary N) is 1. The van der Waals surface area contributed by atoms with Gasteiger partial charge in [-0.15, -0.1) is 0 Å². The van der Waals surface area contributed by atoms with Crippen LogP contribution in [0.25, 0.3) is 0 Å². The number of para-hydroxylation sites is 1. The SMILES string of the molecule is NNc1ccccc1C(=O)N1CCC(CO)CC1. The van der Waals surface area contributed by atoms with Crippen LogP contribution in [0.15, 0.2) is 24.3 Å². The van der Waals surface area contributed by atoms with Gasteiger partial charge in [-0.2, -0.15) is 0 Å². The number of carbonyl (C=O) groups excluding carboxylic acids is 1. The first kappa shape index (κ1) is 12.9. The van der Waals surface area contributed by atoms with Gasteiger partial charge in [0.25, 0.3) is 5.91 Å². The van der Waals surface area contributed by atoms with E-state index in [9.17, 15) is 4.79 Å². The van der Waals surface area contributed by atoms with Gasteiger partial charge in [0.15, 0.2) is 0 Å². The molecule has 1 aromatic carbocycles. The van der Waals surface area contributed by atoms with Crippen molar-refractivity contribution in [2.24, 2.45) is 11.8 Å². The van der Waals surface area contributed by atoms with Crippen molar-refractivity contribution in [1.29, 1.82) is 0 Å². The Bertz CT molecular complexity index is 414. The molecule has 1 aromatic rings. The van der Waals surface area contributed by atoms with Crippen LogP contribution in [0.1, 0.15) is 23.2 Å². The Hall–Kier alpha value is -1.59. The molecule has 0 aliphatic carbocycles. The van der Waals surface area contributed by atoms with Crippen molar-refractivity contribution >= 4 is 11.6 Å². The normalized spacial score (nSPS) is 16.7. The highest BCUT2D eigenvalue weighted by molar-refractivity contribution is 5.99. The van der Waals surface area contributed by atoms with Crippen molar-refractivity contribution in [2.45, 2.75) is 12.8 Å². The third kappa shape index (κ3) is 2.63. The van der Waals surface area contributed by atoms with Gasteiger partial charge in [-0.25, -0.2) is 0 Å². The molecule has 0 saturated carbocycles. The number of nitrogens with two attached hydrogens (primary N) is 1. The van der Waals surface area contributed by atoms with E-state index in [4.69, 9.17) is 10.9 Å². The largest absolute Gasteiger partial charge is 0.396 e. The van der Waals surface area contributed by atoms with E-state index in [2.05, 4.69) is 5.43 Å².